The van der Waals surface area contributed by atoms with Crippen LogP contribution in [0.25, 0.3) is 0 Å². The average molecular weight is 289 g/mol. The smallest absolute Gasteiger partial charge is 0.321 e. The third-order valence-electron chi connectivity index (χ3n) is 2.54. The molecule has 1 atom stereocenters. The van der Waals surface area contributed by atoms with Gasteiger partial charge in [0.25, 0.3) is 5.69 Å². The van der Waals surface area contributed by atoms with Crippen molar-refractivity contribution in [1.82, 2.24) is 0 Å². The van der Waals surface area contributed by atoms with E-state index in [1.165, 1.54) is 13.8 Å². The first-order valence-corrected chi connectivity index (χ1v) is 6.52. The summed E-state index contributed by atoms with van der Waals surface area (Å²) in [6, 6.07) is 2.83. The minimum Gasteiger partial charge on any atom is -0.480 e. The van der Waals surface area contributed by atoms with Crippen LogP contribution in [0.2, 0.25) is 0 Å². The van der Waals surface area contributed by atoms with E-state index in [0.717, 1.165) is 18.2 Å². The molecule has 0 spiro atoms. The number of nitrogens with zero attached hydrogens (tertiary/aromatic N) is 1. The monoisotopic (exact) mass is 289 g/mol. The molecule has 1 unspecified atom stereocenters. The summed E-state index contributed by atoms with van der Waals surface area (Å²) in [4.78, 5) is 20.7. The van der Waals surface area contributed by atoms with E-state index in [-0.39, 0.29) is 11.3 Å². The first-order valence-electron chi connectivity index (χ1n) is 5.20. The van der Waals surface area contributed by atoms with Crippen LogP contribution in [0.1, 0.15) is 19.4 Å². The van der Waals surface area contributed by atoms with Gasteiger partial charge in [0, 0.05) is 16.9 Å². The van der Waals surface area contributed by atoms with Gasteiger partial charge in [-0.05, 0) is 25.5 Å². The van der Waals surface area contributed by atoms with Gasteiger partial charge in [-0.3, -0.25) is 19.1 Å². The lowest BCUT2D eigenvalue weighted by molar-refractivity contribution is -0.385. The summed E-state index contributed by atoms with van der Waals surface area (Å²) >= 11 is 0. The fourth-order valence-electron chi connectivity index (χ4n) is 1.25. The largest absolute Gasteiger partial charge is 0.480 e. The number of nitro benzene ring substituents is 1. The predicted molar refractivity (Wildman–Crippen MR) is 66.6 cm³/mol. The molecule has 0 aromatic heterocycles. The first-order chi connectivity index (χ1) is 8.64. The second kappa shape index (κ2) is 5.43. The molecule has 1 aromatic rings. The number of aliphatic carboxylic acids is 1. The van der Waals surface area contributed by atoms with E-state index in [1.807, 2.05) is 0 Å². The zero-order chi connectivity index (χ0) is 14.8. The second-order valence-electron chi connectivity index (χ2n) is 4.38. The van der Waals surface area contributed by atoms with Crippen LogP contribution in [-0.2, 0) is 21.3 Å². The zero-order valence-corrected chi connectivity index (χ0v) is 11.1. The van der Waals surface area contributed by atoms with Crippen molar-refractivity contribution in [3.05, 3.63) is 39.7 Å². The van der Waals surface area contributed by atoms with Gasteiger partial charge in [0.05, 0.1) is 16.7 Å². The summed E-state index contributed by atoms with van der Waals surface area (Å²) in [6.07, 6.45) is 0. The number of rotatable bonds is 5. The molecule has 0 aliphatic heterocycles. The van der Waals surface area contributed by atoms with Crippen molar-refractivity contribution in [1.29, 1.82) is 0 Å². The molecule has 1 N–H and O–H groups in total. The molecule has 0 bridgehead atoms. The number of hydrogen-bond donors (Lipinski definition) is 1. The Labute approximate surface area is 110 Å². The zero-order valence-electron chi connectivity index (χ0n) is 10.3. The number of hydrogen-bond acceptors (Lipinski definition) is 4. The topological polar surface area (TPSA) is 97.5 Å². The van der Waals surface area contributed by atoms with Crippen LogP contribution in [-0.4, -0.2) is 25.0 Å². The fourth-order valence-corrected chi connectivity index (χ4v) is 2.28. The molecular weight excluding hydrogens is 277 g/mol. The Bertz CT molecular complexity index is 558. The van der Waals surface area contributed by atoms with Crippen LogP contribution >= 0.6 is 0 Å². The summed E-state index contributed by atoms with van der Waals surface area (Å²) in [7, 11) is -1.83. The molecule has 0 aliphatic rings. The van der Waals surface area contributed by atoms with Crippen LogP contribution in [0, 0.1) is 15.9 Å². The molecule has 0 heterocycles. The number of non-ortho nitro benzene ring substituents is 1. The maximum Gasteiger partial charge on any atom is 0.321 e. The summed E-state index contributed by atoms with van der Waals surface area (Å²) in [6.45, 7) is 2.55. The van der Waals surface area contributed by atoms with E-state index in [9.17, 15) is 23.5 Å². The van der Waals surface area contributed by atoms with Gasteiger partial charge in [0.1, 0.15) is 10.6 Å². The molecule has 0 saturated heterocycles. The lowest BCUT2D eigenvalue weighted by atomic mass is 10.2. The van der Waals surface area contributed by atoms with Crippen LogP contribution in [0.3, 0.4) is 0 Å². The lowest BCUT2D eigenvalue weighted by Gasteiger charge is -2.18. The summed E-state index contributed by atoms with van der Waals surface area (Å²) in [5.41, 5.74) is -0.334. The van der Waals surface area contributed by atoms with E-state index < -0.39 is 37.9 Å². The van der Waals surface area contributed by atoms with Crippen LogP contribution < -0.4 is 0 Å². The molecule has 1 aromatic carbocycles. The van der Waals surface area contributed by atoms with Crippen molar-refractivity contribution in [3.8, 4) is 0 Å². The molecule has 104 valence electrons. The van der Waals surface area contributed by atoms with E-state index >= 15 is 0 Å². The molecule has 1 rings (SSSR count). The Morgan fingerprint density at radius 2 is 2.05 bits per heavy atom. The number of carbonyl (C=O) groups is 1. The minimum atomic E-state index is -1.83. The second-order valence-corrected chi connectivity index (χ2v) is 6.38. The molecule has 0 fully saturated rings. The highest BCUT2D eigenvalue weighted by atomic mass is 32.2. The number of carboxylic acid groups (broad SMARTS) is 1. The summed E-state index contributed by atoms with van der Waals surface area (Å²) in [5, 5.41) is 19.5. The van der Waals surface area contributed by atoms with E-state index in [1.54, 1.807) is 0 Å². The molecule has 0 radical (unpaired) electrons. The van der Waals surface area contributed by atoms with E-state index in [0.29, 0.717) is 0 Å². The highest BCUT2D eigenvalue weighted by molar-refractivity contribution is 7.86. The van der Waals surface area contributed by atoms with Crippen LogP contribution in [0.15, 0.2) is 18.2 Å². The quantitative estimate of drug-likeness (QED) is 0.659. The fraction of sp³-hybridized carbons (Fsp3) is 0.364. The number of halogens is 1. The van der Waals surface area contributed by atoms with Gasteiger partial charge < -0.3 is 5.11 Å². The molecule has 6 nitrogen and oxygen atoms in total. The van der Waals surface area contributed by atoms with Gasteiger partial charge in [-0.15, -0.1) is 0 Å². The van der Waals surface area contributed by atoms with Crippen LogP contribution in [0.5, 0.6) is 0 Å². The first kappa shape index (κ1) is 15.2. The summed E-state index contributed by atoms with van der Waals surface area (Å²) < 4.78 is 23.6. The van der Waals surface area contributed by atoms with Gasteiger partial charge in [0.15, 0.2) is 0 Å². The number of carboxylic acids is 1. The maximum absolute atomic E-state index is 13.2. The Hall–Kier alpha value is -1.83. The lowest BCUT2D eigenvalue weighted by Crippen LogP contribution is -2.37. The Balaban J connectivity index is 3.04. The van der Waals surface area contributed by atoms with Crippen molar-refractivity contribution < 1.29 is 23.4 Å². The molecule has 0 amide bonds. The molecular formula is C11H12FNO5S. The summed E-state index contributed by atoms with van der Waals surface area (Å²) in [5.74, 6) is -2.34. The van der Waals surface area contributed by atoms with Gasteiger partial charge in [-0.25, -0.2) is 4.39 Å². The minimum absolute atomic E-state index is 0.124. The normalized spacial score (nSPS) is 13.0. The average Bonchev–Trinajstić information content (AvgIpc) is 2.27. The van der Waals surface area contributed by atoms with Crippen molar-refractivity contribution in [2.24, 2.45) is 0 Å². The van der Waals surface area contributed by atoms with Crippen molar-refractivity contribution in [2.75, 3.05) is 0 Å². The SMILES string of the molecule is CC(C)(C(=O)O)S(=O)Cc1cc(F)cc([N+](=O)[O-])c1. The van der Waals surface area contributed by atoms with Gasteiger partial charge >= 0.3 is 5.97 Å². The molecule has 0 saturated carbocycles. The Kier molecular flexibility index (Phi) is 4.35. The van der Waals surface area contributed by atoms with Crippen molar-refractivity contribution in [3.63, 3.8) is 0 Å². The third kappa shape index (κ3) is 3.57. The molecule has 19 heavy (non-hydrogen) atoms. The predicted octanol–water partition coefficient (Wildman–Crippen LogP) is 1.85. The number of benzene rings is 1. The van der Waals surface area contributed by atoms with E-state index in [4.69, 9.17) is 5.11 Å². The maximum atomic E-state index is 13.2. The standard InChI is InChI=1S/C11H12FNO5S/c1-11(2,10(14)15)19(18)6-7-3-8(12)5-9(4-7)13(16)17/h3-5H,6H2,1-2H3,(H,14,15). The van der Waals surface area contributed by atoms with Gasteiger partial charge in [-0.1, -0.05) is 0 Å². The Morgan fingerprint density at radius 1 is 1.47 bits per heavy atom. The molecule has 8 heteroatoms. The highest BCUT2D eigenvalue weighted by Crippen LogP contribution is 2.21. The van der Waals surface area contributed by atoms with Crippen molar-refractivity contribution >= 4 is 22.5 Å². The van der Waals surface area contributed by atoms with Crippen LogP contribution in [0.4, 0.5) is 10.1 Å². The van der Waals surface area contributed by atoms with Gasteiger partial charge in [-0.2, -0.15) is 0 Å². The molecule has 0 aliphatic carbocycles. The highest BCUT2D eigenvalue weighted by Gasteiger charge is 2.34. The van der Waals surface area contributed by atoms with E-state index in [2.05, 4.69) is 0 Å². The van der Waals surface area contributed by atoms with Gasteiger partial charge in [0.2, 0.25) is 0 Å². The van der Waals surface area contributed by atoms with Crippen molar-refractivity contribution in [2.45, 2.75) is 24.3 Å². The number of nitro groups is 1. The third-order valence-corrected chi connectivity index (χ3v) is 4.44. The Morgan fingerprint density at radius 3 is 2.53 bits per heavy atom.